The lowest BCUT2D eigenvalue weighted by Gasteiger charge is -2.57. The zero-order valence-corrected chi connectivity index (χ0v) is 8.58. The van der Waals surface area contributed by atoms with Gasteiger partial charge in [0.05, 0.1) is 12.1 Å². The van der Waals surface area contributed by atoms with Crippen LogP contribution in [0.4, 0.5) is 0 Å². The Morgan fingerprint density at radius 1 is 1.07 bits per heavy atom. The predicted molar refractivity (Wildman–Crippen MR) is 54.2 cm³/mol. The minimum absolute atomic E-state index is 0.198. The third kappa shape index (κ3) is 1.05. The van der Waals surface area contributed by atoms with Crippen molar-refractivity contribution in [3.63, 3.8) is 0 Å². The normalized spacial score (nSPS) is 51.6. The highest BCUT2D eigenvalue weighted by atomic mass is 14.7. The number of hydrogen-bond acceptors (Lipinski definition) is 2. The molecule has 0 heterocycles. The topological polar surface area (TPSA) is 49.8 Å². The summed E-state index contributed by atoms with van der Waals surface area (Å²) in [4.78, 5) is 0. The maximum absolute atomic E-state index is 9.02. The monoisotopic (exact) mass is 190 g/mol. The van der Waals surface area contributed by atoms with Gasteiger partial charge in [0, 0.05) is 0 Å². The summed E-state index contributed by atoms with van der Waals surface area (Å²) < 4.78 is 0. The molecule has 0 aromatic rings. The largest absolute Gasteiger partial charge is 0.315 e. The standard InChI is InChI=1S/C12H18N2/c13-7-11(14)12-4-8-1-9(5-12)3-10(2-8)6-12/h8-11H,1-6,14H2. The Morgan fingerprint density at radius 3 is 1.86 bits per heavy atom. The number of nitriles is 1. The first-order valence-electron chi connectivity index (χ1n) is 5.87. The van der Waals surface area contributed by atoms with Crippen molar-refractivity contribution < 1.29 is 0 Å². The van der Waals surface area contributed by atoms with E-state index in [4.69, 9.17) is 11.0 Å². The Kier molecular flexibility index (Phi) is 1.70. The van der Waals surface area contributed by atoms with Gasteiger partial charge in [-0.2, -0.15) is 5.26 Å². The number of rotatable bonds is 1. The van der Waals surface area contributed by atoms with Crippen molar-refractivity contribution >= 4 is 0 Å². The number of hydrogen-bond donors (Lipinski definition) is 1. The van der Waals surface area contributed by atoms with Crippen LogP contribution in [0.15, 0.2) is 0 Å². The molecule has 4 aliphatic carbocycles. The first-order chi connectivity index (χ1) is 6.72. The van der Waals surface area contributed by atoms with Crippen LogP contribution in [0.2, 0.25) is 0 Å². The molecule has 4 bridgehead atoms. The summed E-state index contributed by atoms with van der Waals surface area (Å²) in [6, 6.07) is 2.10. The highest BCUT2D eigenvalue weighted by Gasteiger charge is 2.53. The summed E-state index contributed by atoms with van der Waals surface area (Å²) in [5, 5.41) is 9.02. The first kappa shape index (κ1) is 8.73. The molecule has 2 heteroatoms. The third-order valence-corrected chi connectivity index (χ3v) is 4.88. The van der Waals surface area contributed by atoms with Gasteiger partial charge in [0.25, 0.3) is 0 Å². The maximum atomic E-state index is 9.02. The van der Waals surface area contributed by atoms with Crippen molar-refractivity contribution in [2.24, 2.45) is 28.9 Å². The molecule has 0 aromatic heterocycles. The molecule has 76 valence electrons. The van der Waals surface area contributed by atoms with Crippen LogP contribution in [0, 0.1) is 34.5 Å². The average Bonchev–Trinajstić information content (AvgIpc) is 2.14. The summed E-state index contributed by atoms with van der Waals surface area (Å²) in [6.07, 6.45) is 8.02. The zero-order chi connectivity index (χ0) is 9.76. The first-order valence-corrected chi connectivity index (χ1v) is 5.87. The van der Waals surface area contributed by atoms with Gasteiger partial charge >= 0.3 is 0 Å². The van der Waals surface area contributed by atoms with Crippen LogP contribution >= 0.6 is 0 Å². The molecule has 0 saturated heterocycles. The van der Waals surface area contributed by atoms with Crippen molar-refractivity contribution in [2.45, 2.75) is 44.6 Å². The minimum Gasteiger partial charge on any atom is -0.315 e. The van der Waals surface area contributed by atoms with E-state index in [9.17, 15) is 0 Å². The SMILES string of the molecule is N#CC(N)C12CC3CC(CC(C3)C1)C2. The predicted octanol–water partition coefficient (Wildman–Crippen LogP) is 2.05. The van der Waals surface area contributed by atoms with Crippen LogP contribution in [0.25, 0.3) is 0 Å². The molecule has 1 atom stereocenters. The molecule has 1 unspecified atom stereocenters. The molecule has 2 N–H and O–H groups in total. The quantitative estimate of drug-likeness (QED) is 0.688. The lowest BCUT2D eigenvalue weighted by Crippen LogP contribution is -2.54. The second kappa shape index (κ2) is 2.73. The molecule has 4 saturated carbocycles. The van der Waals surface area contributed by atoms with E-state index in [1.54, 1.807) is 0 Å². The summed E-state index contributed by atoms with van der Waals surface area (Å²) >= 11 is 0. The summed E-state index contributed by atoms with van der Waals surface area (Å²) in [5.41, 5.74) is 6.24. The van der Waals surface area contributed by atoms with Crippen LogP contribution < -0.4 is 5.73 Å². The van der Waals surface area contributed by atoms with E-state index >= 15 is 0 Å². The van der Waals surface area contributed by atoms with Crippen molar-refractivity contribution in [1.29, 1.82) is 5.26 Å². The van der Waals surface area contributed by atoms with Gasteiger partial charge in [-0.05, 0) is 61.7 Å². The number of nitrogens with two attached hydrogens (primary N) is 1. The van der Waals surface area contributed by atoms with E-state index in [0.29, 0.717) is 0 Å². The van der Waals surface area contributed by atoms with Gasteiger partial charge in [-0.15, -0.1) is 0 Å². The molecule has 0 amide bonds. The molecule has 4 fully saturated rings. The van der Waals surface area contributed by atoms with Gasteiger partial charge in [0.2, 0.25) is 0 Å². The Morgan fingerprint density at radius 2 is 1.50 bits per heavy atom. The van der Waals surface area contributed by atoms with Crippen LogP contribution in [0.5, 0.6) is 0 Å². The van der Waals surface area contributed by atoms with Gasteiger partial charge in [-0.3, -0.25) is 0 Å². The molecular formula is C12H18N2. The van der Waals surface area contributed by atoms with Crippen molar-refractivity contribution in [3.8, 4) is 6.07 Å². The van der Waals surface area contributed by atoms with Gasteiger partial charge < -0.3 is 5.73 Å². The lowest BCUT2D eigenvalue weighted by atomic mass is 9.48. The summed E-state index contributed by atoms with van der Waals surface area (Å²) in [7, 11) is 0. The van der Waals surface area contributed by atoms with Gasteiger partial charge in [0.1, 0.15) is 0 Å². The maximum Gasteiger partial charge on any atom is 0.0985 e. The van der Waals surface area contributed by atoms with Gasteiger partial charge in [-0.25, -0.2) is 0 Å². The van der Waals surface area contributed by atoms with Crippen LogP contribution in [-0.2, 0) is 0 Å². The molecule has 14 heavy (non-hydrogen) atoms. The van der Waals surface area contributed by atoms with E-state index in [2.05, 4.69) is 6.07 Å². The van der Waals surface area contributed by atoms with Crippen LogP contribution in [0.3, 0.4) is 0 Å². The second-order valence-corrected chi connectivity index (χ2v) is 5.89. The van der Waals surface area contributed by atoms with Gasteiger partial charge in [0.15, 0.2) is 0 Å². The lowest BCUT2D eigenvalue weighted by molar-refractivity contribution is -0.0578. The highest BCUT2D eigenvalue weighted by Crippen LogP contribution is 2.60. The second-order valence-electron chi connectivity index (χ2n) is 5.89. The van der Waals surface area contributed by atoms with E-state index in [1.165, 1.54) is 38.5 Å². The van der Waals surface area contributed by atoms with Gasteiger partial charge in [-0.1, -0.05) is 0 Å². The minimum atomic E-state index is -0.198. The summed E-state index contributed by atoms with van der Waals surface area (Å²) in [6.45, 7) is 0. The van der Waals surface area contributed by atoms with Crippen molar-refractivity contribution in [1.82, 2.24) is 0 Å². The van der Waals surface area contributed by atoms with Crippen molar-refractivity contribution in [2.75, 3.05) is 0 Å². The molecule has 4 rings (SSSR count). The zero-order valence-electron chi connectivity index (χ0n) is 8.58. The fraction of sp³-hybridized carbons (Fsp3) is 0.917. The fourth-order valence-electron chi connectivity index (χ4n) is 4.70. The molecule has 0 spiro atoms. The molecule has 2 nitrogen and oxygen atoms in total. The Hall–Kier alpha value is -0.550. The molecule has 4 aliphatic rings. The van der Waals surface area contributed by atoms with E-state index in [1.807, 2.05) is 0 Å². The Balaban J connectivity index is 1.91. The average molecular weight is 190 g/mol. The van der Waals surface area contributed by atoms with Crippen LogP contribution in [-0.4, -0.2) is 6.04 Å². The fourth-order valence-corrected chi connectivity index (χ4v) is 4.70. The van der Waals surface area contributed by atoms with E-state index in [0.717, 1.165) is 17.8 Å². The molecule has 0 aliphatic heterocycles. The molecule has 0 aromatic carbocycles. The van der Waals surface area contributed by atoms with E-state index < -0.39 is 0 Å². The Labute approximate surface area is 85.5 Å². The van der Waals surface area contributed by atoms with E-state index in [-0.39, 0.29) is 11.5 Å². The highest BCUT2D eigenvalue weighted by molar-refractivity contribution is 5.10. The summed E-state index contributed by atoms with van der Waals surface area (Å²) in [5.74, 6) is 2.71. The molecule has 0 radical (unpaired) electrons. The molecular weight excluding hydrogens is 172 g/mol. The van der Waals surface area contributed by atoms with Crippen LogP contribution in [0.1, 0.15) is 38.5 Å². The third-order valence-electron chi connectivity index (χ3n) is 4.88. The number of nitrogens with zero attached hydrogens (tertiary/aromatic N) is 1. The smallest absolute Gasteiger partial charge is 0.0985 e. The Bertz CT molecular complexity index is 254. The van der Waals surface area contributed by atoms with Crippen molar-refractivity contribution in [3.05, 3.63) is 0 Å².